The Morgan fingerprint density at radius 2 is 1.56 bits per heavy atom. The molecule has 0 saturated heterocycles. The highest BCUT2D eigenvalue weighted by atomic mass is 35.5. The van der Waals surface area contributed by atoms with Crippen LogP contribution in [0.5, 0.6) is 5.75 Å². The van der Waals surface area contributed by atoms with Crippen molar-refractivity contribution in [2.75, 3.05) is 25.6 Å². The van der Waals surface area contributed by atoms with Gasteiger partial charge in [-0.15, -0.1) is 0 Å². The smallest absolute Gasteiger partial charge is 0.402 e. The zero-order chi connectivity index (χ0) is 33.6. The maximum absolute atomic E-state index is 13.2. The minimum atomic E-state index is -4.77. The zero-order valence-corrected chi connectivity index (χ0v) is 25.5. The lowest BCUT2D eigenvalue weighted by Crippen LogP contribution is -2.46. The Morgan fingerprint density at radius 1 is 0.889 bits per heavy atom. The first-order valence-corrected chi connectivity index (χ1v) is 14.4. The molecule has 3 N–H and O–H groups in total. The summed E-state index contributed by atoms with van der Waals surface area (Å²) in [7, 11) is 1.46. The van der Waals surface area contributed by atoms with E-state index in [0.29, 0.717) is 5.56 Å². The number of anilines is 1. The van der Waals surface area contributed by atoms with E-state index in [1.165, 1.54) is 43.5 Å². The first-order valence-electron chi connectivity index (χ1n) is 14.0. The van der Waals surface area contributed by atoms with Crippen LogP contribution in [-0.2, 0) is 16.1 Å². The second kappa shape index (κ2) is 14.7. The predicted octanol–water partition coefficient (Wildman–Crippen LogP) is 6.67. The Bertz CT molecular complexity index is 1370. The molecule has 0 atom stereocenters. The lowest BCUT2D eigenvalue weighted by atomic mass is 9.85. The van der Waals surface area contributed by atoms with Gasteiger partial charge in [-0.1, -0.05) is 17.7 Å². The number of methoxy groups -OCH3 is 1. The van der Waals surface area contributed by atoms with Gasteiger partial charge in [0.2, 0.25) is 5.91 Å². The topological polar surface area (TPSA) is 106 Å². The van der Waals surface area contributed by atoms with Gasteiger partial charge in [0.1, 0.15) is 17.8 Å². The van der Waals surface area contributed by atoms with Crippen LogP contribution in [-0.4, -0.2) is 56.4 Å². The summed E-state index contributed by atoms with van der Waals surface area (Å²) in [6, 6.07) is 7.87. The Kier molecular flexibility index (Phi) is 11.8. The van der Waals surface area contributed by atoms with Crippen LogP contribution in [0.15, 0.2) is 36.4 Å². The van der Waals surface area contributed by atoms with Crippen LogP contribution in [0.1, 0.15) is 65.8 Å². The van der Waals surface area contributed by atoms with Crippen molar-refractivity contribution in [1.82, 2.24) is 10.6 Å². The van der Waals surface area contributed by atoms with Gasteiger partial charge in [0, 0.05) is 25.4 Å². The average Bonchev–Trinajstić information content (AvgIpc) is 2.96. The van der Waals surface area contributed by atoms with Crippen molar-refractivity contribution in [3.63, 3.8) is 0 Å². The minimum absolute atomic E-state index is 0.0187. The third-order valence-electron chi connectivity index (χ3n) is 7.56. The van der Waals surface area contributed by atoms with Crippen molar-refractivity contribution < 1.29 is 50.2 Å². The van der Waals surface area contributed by atoms with E-state index >= 15 is 0 Å². The predicted molar refractivity (Wildman–Crippen MR) is 154 cm³/mol. The molecule has 1 fully saturated rings. The van der Waals surface area contributed by atoms with Crippen LogP contribution in [0.2, 0.25) is 5.02 Å². The Labute approximate surface area is 261 Å². The van der Waals surface area contributed by atoms with Crippen molar-refractivity contribution >= 4 is 35.0 Å². The summed E-state index contributed by atoms with van der Waals surface area (Å²) in [5.41, 5.74) is -2.20. The van der Waals surface area contributed by atoms with Gasteiger partial charge in [0.25, 0.3) is 11.8 Å². The monoisotopic (exact) mass is 665 g/mol. The van der Waals surface area contributed by atoms with Gasteiger partial charge in [-0.3, -0.25) is 14.4 Å². The molecule has 0 aliphatic heterocycles. The first kappa shape index (κ1) is 36.0. The van der Waals surface area contributed by atoms with Gasteiger partial charge in [0.05, 0.1) is 28.7 Å². The van der Waals surface area contributed by atoms with Crippen molar-refractivity contribution in [2.45, 2.75) is 64.5 Å². The molecule has 0 bridgehead atoms. The summed E-state index contributed by atoms with van der Waals surface area (Å²) >= 11 is 6.21. The molecule has 1 aliphatic rings. The SMILES string of the molecule is COCCOc1ccc(NC(=O)c2cc(CNC(=O)C(C)(C)C(F)(F)F)ccc2Cl)cc1C(=O)N[C@H]1CC[C@H](C(F)(F)F)CC1. The number of hydrogen-bond donors (Lipinski definition) is 3. The molecule has 1 saturated carbocycles. The maximum atomic E-state index is 13.2. The van der Waals surface area contributed by atoms with E-state index in [0.717, 1.165) is 13.8 Å². The van der Waals surface area contributed by atoms with Crippen molar-refractivity contribution in [3.8, 4) is 5.75 Å². The van der Waals surface area contributed by atoms with E-state index in [2.05, 4.69) is 16.0 Å². The average molecular weight is 666 g/mol. The van der Waals surface area contributed by atoms with E-state index in [1.807, 2.05) is 0 Å². The molecule has 3 amide bonds. The summed E-state index contributed by atoms with van der Waals surface area (Å²) in [5, 5.41) is 7.59. The van der Waals surface area contributed by atoms with E-state index in [1.54, 1.807) is 0 Å². The van der Waals surface area contributed by atoms with Gasteiger partial charge in [-0.05, 0) is 75.4 Å². The normalized spacial score (nSPS) is 17.4. The quantitative estimate of drug-likeness (QED) is 0.184. The van der Waals surface area contributed by atoms with Crippen LogP contribution in [0.25, 0.3) is 0 Å². The van der Waals surface area contributed by atoms with Crippen LogP contribution in [0.4, 0.5) is 32.0 Å². The van der Waals surface area contributed by atoms with Gasteiger partial charge >= 0.3 is 12.4 Å². The molecule has 2 aromatic rings. The van der Waals surface area contributed by atoms with Gasteiger partial charge in [-0.25, -0.2) is 0 Å². The molecule has 1 aliphatic carbocycles. The van der Waals surface area contributed by atoms with Crippen LogP contribution < -0.4 is 20.7 Å². The molecule has 0 radical (unpaired) electrons. The summed E-state index contributed by atoms with van der Waals surface area (Å²) in [4.78, 5) is 38.5. The van der Waals surface area contributed by atoms with E-state index < -0.39 is 47.4 Å². The lowest BCUT2D eigenvalue weighted by molar-refractivity contribution is -0.211. The number of halogens is 7. The lowest BCUT2D eigenvalue weighted by Gasteiger charge is -2.30. The van der Waals surface area contributed by atoms with Gasteiger partial charge < -0.3 is 25.4 Å². The van der Waals surface area contributed by atoms with E-state index in [-0.39, 0.29) is 73.0 Å². The largest absolute Gasteiger partial charge is 0.490 e. The summed E-state index contributed by atoms with van der Waals surface area (Å²) in [6.45, 7) is 1.51. The molecule has 0 aromatic heterocycles. The molecule has 0 heterocycles. The molecule has 15 heteroatoms. The fraction of sp³-hybridized carbons (Fsp3) is 0.500. The Balaban J connectivity index is 1.75. The molecule has 8 nitrogen and oxygen atoms in total. The standard InChI is InChI=1S/C30H34ClF6N3O5/c1-28(2,30(35,36)37)27(43)38-16-17-4-10-23(31)21(14-17)25(41)40-20-9-11-24(45-13-12-44-3)22(15-20)26(42)39-19-7-5-18(6-8-19)29(32,33)34/h4,9-11,14-15,18-19H,5-8,12-13,16H2,1-3H3,(H,38,43)(H,39,42)(H,40,41)/t18-,19-. The number of carbonyl (C=O) groups is 3. The van der Waals surface area contributed by atoms with Crippen LogP contribution in [0, 0.1) is 11.3 Å². The first-order chi connectivity index (χ1) is 20.9. The van der Waals surface area contributed by atoms with E-state index in [9.17, 15) is 40.7 Å². The van der Waals surface area contributed by atoms with Crippen molar-refractivity contribution in [2.24, 2.45) is 11.3 Å². The molecular weight excluding hydrogens is 632 g/mol. The maximum Gasteiger partial charge on any atom is 0.402 e. The van der Waals surface area contributed by atoms with Gasteiger partial charge in [0.15, 0.2) is 0 Å². The number of amides is 3. The third kappa shape index (κ3) is 9.49. The Morgan fingerprint density at radius 3 is 2.16 bits per heavy atom. The minimum Gasteiger partial charge on any atom is -0.490 e. The van der Waals surface area contributed by atoms with Crippen molar-refractivity contribution in [3.05, 3.63) is 58.1 Å². The molecule has 0 unspecified atom stereocenters. The molecule has 2 aromatic carbocycles. The molecule has 45 heavy (non-hydrogen) atoms. The number of hydrogen-bond acceptors (Lipinski definition) is 5. The van der Waals surface area contributed by atoms with Gasteiger partial charge in [-0.2, -0.15) is 26.3 Å². The zero-order valence-electron chi connectivity index (χ0n) is 24.8. The number of nitrogens with one attached hydrogen (secondary N) is 3. The van der Waals surface area contributed by atoms with Crippen molar-refractivity contribution in [1.29, 1.82) is 0 Å². The summed E-state index contributed by atoms with van der Waals surface area (Å²) in [6.07, 6.45) is -8.97. The fourth-order valence-corrected chi connectivity index (χ4v) is 4.76. The number of rotatable bonds is 11. The second-order valence-electron chi connectivity index (χ2n) is 11.2. The Hall–Kier alpha value is -3.52. The number of carbonyl (C=O) groups excluding carboxylic acids is 3. The fourth-order valence-electron chi connectivity index (χ4n) is 4.56. The highest BCUT2D eigenvalue weighted by Crippen LogP contribution is 2.38. The number of ether oxygens (including phenoxy) is 2. The number of alkyl halides is 6. The second-order valence-corrected chi connectivity index (χ2v) is 11.6. The highest BCUT2D eigenvalue weighted by molar-refractivity contribution is 6.34. The molecule has 0 spiro atoms. The highest BCUT2D eigenvalue weighted by Gasteiger charge is 2.52. The molecular formula is C30H34ClF6N3O5. The summed E-state index contributed by atoms with van der Waals surface area (Å²) in [5.74, 6) is -3.82. The molecule has 248 valence electrons. The molecule has 3 rings (SSSR count). The summed E-state index contributed by atoms with van der Waals surface area (Å²) < 4.78 is 89.3. The third-order valence-corrected chi connectivity index (χ3v) is 7.89. The van der Waals surface area contributed by atoms with Crippen LogP contribution >= 0.6 is 11.6 Å². The number of benzene rings is 2. The van der Waals surface area contributed by atoms with Crippen LogP contribution in [0.3, 0.4) is 0 Å². The van der Waals surface area contributed by atoms with E-state index in [4.69, 9.17) is 21.1 Å².